The molecule has 1 aromatic heterocycles. The van der Waals surface area contributed by atoms with Crippen LogP contribution in [0.5, 0.6) is 5.75 Å². The maximum Gasteiger partial charge on any atom is 0.400 e. The van der Waals surface area contributed by atoms with Gasteiger partial charge in [-0.3, -0.25) is 0 Å². The van der Waals surface area contributed by atoms with E-state index >= 15 is 0 Å². The maximum atomic E-state index is 12.1. The van der Waals surface area contributed by atoms with Gasteiger partial charge in [0.15, 0.2) is 5.69 Å². The van der Waals surface area contributed by atoms with Gasteiger partial charge in [0.1, 0.15) is 0 Å². The molecule has 7 nitrogen and oxygen atoms in total. The van der Waals surface area contributed by atoms with Crippen molar-refractivity contribution < 1.29 is 18.8 Å². The van der Waals surface area contributed by atoms with Crippen LogP contribution in [-0.4, -0.2) is 38.9 Å². The average molecular weight is 353 g/mol. The molecule has 0 aliphatic rings. The molecule has 0 spiro atoms. The molecule has 1 heterocycles. The summed E-state index contributed by atoms with van der Waals surface area (Å²) in [5.41, 5.74) is 0.468. The number of hydrogen-bond acceptors (Lipinski definition) is 7. The van der Waals surface area contributed by atoms with E-state index in [4.69, 9.17) is 21.1 Å². The number of rotatable bonds is 5. The Balaban J connectivity index is 2.90. The van der Waals surface area contributed by atoms with Crippen LogP contribution in [0.4, 0.5) is 5.69 Å². The molecule has 0 saturated heterocycles. The summed E-state index contributed by atoms with van der Waals surface area (Å²) >= 11 is 6.11. The lowest BCUT2D eigenvalue weighted by molar-refractivity contribution is 0.0583. The minimum absolute atomic E-state index is 0.113. The predicted octanol–water partition coefficient (Wildman–Crippen LogP) is 2.61. The third-order valence-corrected chi connectivity index (χ3v) is 3.48. The van der Waals surface area contributed by atoms with Gasteiger partial charge in [0.05, 0.1) is 19.3 Å². The van der Waals surface area contributed by atoms with E-state index in [0.29, 0.717) is 10.6 Å². The van der Waals surface area contributed by atoms with E-state index in [1.165, 1.54) is 7.11 Å². The molecule has 8 heteroatoms. The van der Waals surface area contributed by atoms with Gasteiger partial charge < -0.3 is 18.9 Å². The highest BCUT2D eigenvalue weighted by molar-refractivity contribution is 6.31. The van der Waals surface area contributed by atoms with E-state index in [0.717, 1.165) is 5.69 Å². The summed E-state index contributed by atoms with van der Waals surface area (Å²) in [5.74, 6) is -0.863. The highest BCUT2D eigenvalue weighted by Crippen LogP contribution is 2.38. The van der Waals surface area contributed by atoms with Crippen molar-refractivity contribution in [2.24, 2.45) is 0 Å². The molecule has 0 fully saturated rings. The number of hydrogen-bond donors (Lipinski definition) is 0. The molecule has 0 amide bonds. The van der Waals surface area contributed by atoms with Crippen LogP contribution < -0.4 is 15.3 Å². The third-order valence-electron chi connectivity index (χ3n) is 3.25. The molecule has 2 rings (SSSR count). The van der Waals surface area contributed by atoms with Crippen molar-refractivity contribution >= 4 is 23.3 Å². The van der Waals surface area contributed by atoms with Crippen LogP contribution in [-0.2, 0) is 4.74 Å². The van der Waals surface area contributed by atoms with Crippen molar-refractivity contribution in [2.45, 2.75) is 6.92 Å². The van der Waals surface area contributed by atoms with Gasteiger partial charge in [-0.1, -0.05) is 16.8 Å². The zero-order valence-electron chi connectivity index (χ0n) is 13.8. The number of nitrogens with zero attached hydrogens (tertiary/aromatic N) is 2. The number of carbonyl (C=O) groups is 1. The summed E-state index contributed by atoms with van der Waals surface area (Å²) in [7, 11) is 4.86. The van der Waals surface area contributed by atoms with Crippen molar-refractivity contribution in [2.75, 3.05) is 32.7 Å². The van der Waals surface area contributed by atoms with Gasteiger partial charge in [0.25, 0.3) is 0 Å². The molecule has 0 unspecified atom stereocenters. The van der Waals surface area contributed by atoms with Crippen molar-refractivity contribution in [3.05, 3.63) is 39.3 Å². The van der Waals surface area contributed by atoms with Gasteiger partial charge >= 0.3 is 11.6 Å². The lowest BCUT2D eigenvalue weighted by Crippen LogP contribution is -2.17. The topological polar surface area (TPSA) is 81.9 Å². The third kappa shape index (κ3) is 3.35. The van der Waals surface area contributed by atoms with E-state index in [1.54, 1.807) is 25.1 Å². The highest BCUT2D eigenvalue weighted by atomic mass is 35.5. The maximum absolute atomic E-state index is 12.1. The first kappa shape index (κ1) is 17.8. The number of halogens is 1. The molecular weight excluding hydrogens is 336 g/mol. The first-order valence-electron chi connectivity index (χ1n) is 7.13. The van der Waals surface area contributed by atoms with Crippen LogP contribution in [0.2, 0.25) is 5.02 Å². The van der Waals surface area contributed by atoms with E-state index in [2.05, 4.69) is 9.68 Å². The number of methoxy groups -OCH3 is 1. The van der Waals surface area contributed by atoms with Gasteiger partial charge in [-0.05, 0) is 25.1 Å². The number of esters is 1. The Kier molecular flexibility index (Phi) is 5.46. The first-order chi connectivity index (χ1) is 11.4. The summed E-state index contributed by atoms with van der Waals surface area (Å²) in [4.78, 5) is 26.0. The molecule has 24 heavy (non-hydrogen) atoms. The van der Waals surface area contributed by atoms with E-state index in [-0.39, 0.29) is 23.6 Å². The number of anilines is 1. The van der Waals surface area contributed by atoms with Gasteiger partial charge in [0, 0.05) is 30.4 Å². The molecule has 0 saturated carbocycles. The zero-order chi connectivity index (χ0) is 17.9. The number of benzene rings is 1. The fraction of sp³-hybridized carbons (Fsp3) is 0.312. The van der Waals surface area contributed by atoms with Crippen LogP contribution in [0.3, 0.4) is 0 Å². The minimum atomic E-state index is -0.788. The highest BCUT2D eigenvalue weighted by Gasteiger charge is 2.27. The monoisotopic (exact) mass is 352 g/mol. The summed E-state index contributed by atoms with van der Waals surface area (Å²) in [6.45, 7) is 1.92. The number of carbonyl (C=O) groups excluding carboxylic acids is 1. The summed E-state index contributed by atoms with van der Waals surface area (Å²) in [6, 6.07) is 5.10. The Morgan fingerprint density at radius 1 is 1.38 bits per heavy atom. The SMILES string of the molecule is CCOc1c(-c2cc(Cl)ccc2N(C)C)c(C(=O)OC)noc1=O. The summed E-state index contributed by atoms with van der Waals surface area (Å²) in [6.07, 6.45) is 0. The van der Waals surface area contributed by atoms with Crippen LogP contribution in [0.15, 0.2) is 27.5 Å². The van der Waals surface area contributed by atoms with Gasteiger partial charge in [-0.25, -0.2) is 9.59 Å². The van der Waals surface area contributed by atoms with Crippen LogP contribution >= 0.6 is 11.6 Å². The molecule has 0 N–H and O–H groups in total. The van der Waals surface area contributed by atoms with Crippen molar-refractivity contribution in [1.29, 1.82) is 0 Å². The van der Waals surface area contributed by atoms with Gasteiger partial charge in [-0.15, -0.1) is 0 Å². The van der Waals surface area contributed by atoms with Crippen LogP contribution in [0.25, 0.3) is 11.1 Å². The summed E-state index contributed by atoms with van der Waals surface area (Å²) in [5, 5.41) is 4.03. The zero-order valence-corrected chi connectivity index (χ0v) is 14.5. The van der Waals surface area contributed by atoms with Gasteiger partial charge in [0.2, 0.25) is 5.75 Å². The van der Waals surface area contributed by atoms with Crippen LogP contribution in [0.1, 0.15) is 17.4 Å². The second-order valence-electron chi connectivity index (χ2n) is 5.00. The molecule has 0 aliphatic carbocycles. The summed E-state index contributed by atoms with van der Waals surface area (Å²) < 4.78 is 14.8. The molecule has 2 aromatic rings. The Morgan fingerprint density at radius 2 is 2.08 bits per heavy atom. The van der Waals surface area contributed by atoms with Crippen molar-refractivity contribution in [1.82, 2.24) is 5.16 Å². The van der Waals surface area contributed by atoms with E-state index in [1.807, 2.05) is 19.0 Å². The molecule has 0 bridgehead atoms. The first-order valence-corrected chi connectivity index (χ1v) is 7.50. The van der Waals surface area contributed by atoms with E-state index < -0.39 is 11.6 Å². The fourth-order valence-corrected chi connectivity index (χ4v) is 2.42. The Morgan fingerprint density at radius 3 is 2.67 bits per heavy atom. The standard InChI is InChI=1S/C16H17ClN2O5/c1-5-23-14-12(13(15(20)22-4)18-24-16(14)21)10-8-9(17)6-7-11(10)19(2)3/h6-8H,5H2,1-4H3. The van der Waals surface area contributed by atoms with Crippen molar-refractivity contribution in [3.8, 4) is 16.9 Å². The largest absolute Gasteiger partial charge is 0.486 e. The quantitative estimate of drug-likeness (QED) is 0.765. The average Bonchev–Trinajstić information content (AvgIpc) is 2.55. The van der Waals surface area contributed by atoms with Gasteiger partial charge in [-0.2, -0.15) is 0 Å². The molecule has 0 atom stereocenters. The molecule has 0 aliphatic heterocycles. The molecular formula is C16H17ClN2O5. The lowest BCUT2D eigenvalue weighted by Gasteiger charge is -2.20. The number of aromatic nitrogens is 1. The van der Waals surface area contributed by atoms with Crippen LogP contribution in [0, 0.1) is 0 Å². The Bertz CT molecular complexity index is 817. The molecule has 1 aromatic carbocycles. The Labute approximate surface area is 143 Å². The predicted molar refractivity (Wildman–Crippen MR) is 90.1 cm³/mol. The fourth-order valence-electron chi connectivity index (χ4n) is 2.24. The Hall–Kier alpha value is -2.54. The second-order valence-corrected chi connectivity index (χ2v) is 5.44. The molecule has 128 valence electrons. The smallest absolute Gasteiger partial charge is 0.400 e. The second kappa shape index (κ2) is 7.35. The van der Waals surface area contributed by atoms with Crippen molar-refractivity contribution in [3.63, 3.8) is 0 Å². The molecule has 0 radical (unpaired) electrons. The van der Waals surface area contributed by atoms with E-state index in [9.17, 15) is 9.59 Å². The minimum Gasteiger partial charge on any atom is -0.486 e. The normalized spacial score (nSPS) is 10.4. The number of ether oxygens (including phenoxy) is 2. The lowest BCUT2D eigenvalue weighted by atomic mass is 10.0.